The number of hydrazine groups is 1. The van der Waals surface area contributed by atoms with Gasteiger partial charge in [0.15, 0.2) is 0 Å². The lowest BCUT2D eigenvalue weighted by atomic mass is 10.2. The highest BCUT2D eigenvalue weighted by Crippen LogP contribution is 2.14. The normalized spacial score (nSPS) is 10.3. The highest BCUT2D eigenvalue weighted by atomic mass is 35.5. The van der Waals surface area contributed by atoms with E-state index in [2.05, 4.69) is 27.6 Å². The largest absolute Gasteiger partial charge is 0.366 e. The van der Waals surface area contributed by atoms with E-state index < -0.39 is 0 Å². The standard InChI is InChI=1S/C14H18ClN5/c1-2-3-12-18-13(8-14(19-12)20-16)17-9-10-4-6-11(15)7-5-10/h4-8H,2-3,9,16H2,1H3,(H2,17,18,19,20). The first-order valence-electron chi connectivity index (χ1n) is 6.54. The molecule has 0 aliphatic carbocycles. The summed E-state index contributed by atoms with van der Waals surface area (Å²) in [5, 5.41) is 4.00. The van der Waals surface area contributed by atoms with E-state index in [0.717, 1.165) is 35.1 Å². The second-order valence-corrected chi connectivity index (χ2v) is 4.87. The number of nitrogens with zero attached hydrogens (tertiary/aromatic N) is 2. The molecule has 20 heavy (non-hydrogen) atoms. The number of halogens is 1. The molecule has 0 spiro atoms. The quantitative estimate of drug-likeness (QED) is 0.563. The molecule has 1 heterocycles. The number of nitrogens with two attached hydrogens (primary N) is 1. The number of hydrogen-bond acceptors (Lipinski definition) is 5. The van der Waals surface area contributed by atoms with Gasteiger partial charge in [-0.3, -0.25) is 0 Å². The second kappa shape index (κ2) is 7.07. The van der Waals surface area contributed by atoms with Crippen LogP contribution in [0.2, 0.25) is 5.02 Å². The molecule has 1 aromatic heterocycles. The van der Waals surface area contributed by atoms with Crippen molar-refractivity contribution >= 4 is 23.2 Å². The first-order chi connectivity index (χ1) is 9.71. The molecule has 0 saturated heterocycles. The third-order valence-corrected chi connectivity index (χ3v) is 3.03. The van der Waals surface area contributed by atoms with Crippen molar-refractivity contribution < 1.29 is 0 Å². The third-order valence-electron chi connectivity index (χ3n) is 2.78. The first kappa shape index (κ1) is 14.6. The molecular formula is C14H18ClN5. The maximum absolute atomic E-state index is 5.86. The summed E-state index contributed by atoms with van der Waals surface area (Å²) in [6.07, 6.45) is 1.82. The zero-order chi connectivity index (χ0) is 14.4. The van der Waals surface area contributed by atoms with Gasteiger partial charge in [-0.1, -0.05) is 30.7 Å². The summed E-state index contributed by atoms with van der Waals surface area (Å²) in [5.41, 5.74) is 3.70. The molecule has 0 amide bonds. The molecule has 0 fully saturated rings. The molecule has 106 valence electrons. The zero-order valence-corrected chi connectivity index (χ0v) is 12.1. The zero-order valence-electron chi connectivity index (χ0n) is 11.4. The van der Waals surface area contributed by atoms with E-state index in [1.807, 2.05) is 24.3 Å². The number of hydrogen-bond donors (Lipinski definition) is 3. The number of aromatic nitrogens is 2. The number of rotatable bonds is 6. The first-order valence-corrected chi connectivity index (χ1v) is 6.92. The van der Waals surface area contributed by atoms with E-state index in [4.69, 9.17) is 17.4 Å². The second-order valence-electron chi connectivity index (χ2n) is 4.43. The minimum absolute atomic E-state index is 0.613. The fraction of sp³-hybridized carbons (Fsp3) is 0.286. The Balaban J connectivity index is 2.07. The van der Waals surface area contributed by atoms with Crippen LogP contribution in [0.15, 0.2) is 30.3 Å². The van der Waals surface area contributed by atoms with Crippen LogP contribution in [0.1, 0.15) is 24.7 Å². The predicted octanol–water partition coefficient (Wildman–Crippen LogP) is 2.98. The monoisotopic (exact) mass is 291 g/mol. The molecule has 0 saturated carbocycles. The molecular weight excluding hydrogens is 274 g/mol. The van der Waals surface area contributed by atoms with Gasteiger partial charge in [0.2, 0.25) is 0 Å². The summed E-state index contributed by atoms with van der Waals surface area (Å²) in [7, 11) is 0. The van der Waals surface area contributed by atoms with Gasteiger partial charge in [-0.2, -0.15) is 0 Å². The van der Waals surface area contributed by atoms with E-state index in [-0.39, 0.29) is 0 Å². The van der Waals surface area contributed by atoms with E-state index >= 15 is 0 Å². The Hall–Kier alpha value is -1.85. The smallest absolute Gasteiger partial charge is 0.145 e. The predicted molar refractivity (Wildman–Crippen MR) is 82.6 cm³/mol. The molecule has 0 unspecified atom stereocenters. The van der Waals surface area contributed by atoms with Crippen LogP contribution in [0.3, 0.4) is 0 Å². The van der Waals surface area contributed by atoms with Gasteiger partial charge >= 0.3 is 0 Å². The number of aryl methyl sites for hydroxylation is 1. The van der Waals surface area contributed by atoms with Crippen LogP contribution in [-0.4, -0.2) is 9.97 Å². The summed E-state index contributed by atoms with van der Waals surface area (Å²) in [5.74, 6) is 7.57. The van der Waals surface area contributed by atoms with Crippen LogP contribution in [0.25, 0.3) is 0 Å². The average molecular weight is 292 g/mol. The molecule has 4 N–H and O–H groups in total. The Morgan fingerprint density at radius 2 is 1.85 bits per heavy atom. The van der Waals surface area contributed by atoms with Gasteiger partial charge in [-0.25, -0.2) is 15.8 Å². The van der Waals surface area contributed by atoms with Gasteiger partial charge < -0.3 is 10.7 Å². The van der Waals surface area contributed by atoms with Gasteiger partial charge in [0.1, 0.15) is 17.5 Å². The van der Waals surface area contributed by atoms with Gasteiger partial charge in [0.25, 0.3) is 0 Å². The number of nitrogens with one attached hydrogen (secondary N) is 2. The van der Waals surface area contributed by atoms with Gasteiger partial charge in [-0.05, 0) is 24.1 Å². The minimum atomic E-state index is 0.613. The summed E-state index contributed by atoms with van der Waals surface area (Å²) in [4.78, 5) is 8.76. The third kappa shape index (κ3) is 4.08. The van der Waals surface area contributed by atoms with Crippen LogP contribution < -0.4 is 16.6 Å². The van der Waals surface area contributed by atoms with Crippen molar-refractivity contribution in [2.24, 2.45) is 5.84 Å². The Kier molecular flexibility index (Phi) is 5.15. The molecule has 5 nitrogen and oxygen atoms in total. The maximum atomic E-state index is 5.86. The summed E-state index contributed by atoms with van der Waals surface area (Å²) in [6, 6.07) is 9.48. The SMILES string of the molecule is CCCc1nc(NN)cc(NCc2ccc(Cl)cc2)n1. The lowest BCUT2D eigenvalue weighted by Gasteiger charge is -2.09. The number of benzene rings is 1. The van der Waals surface area contributed by atoms with Crippen molar-refractivity contribution in [2.45, 2.75) is 26.3 Å². The van der Waals surface area contributed by atoms with E-state index in [1.165, 1.54) is 0 Å². The van der Waals surface area contributed by atoms with Crippen molar-refractivity contribution in [1.29, 1.82) is 0 Å². The van der Waals surface area contributed by atoms with Crippen LogP contribution >= 0.6 is 11.6 Å². The van der Waals surface area contributed by atoms with Crippen molar-refractivity contribution in [1.82, 2.24) is 9.97 Å². The van der Waals surface area contributed by atoms with Gasteiger partial charge in [0.05, 0.1) is 0 Å². The van der Waals surface area contributed by atoms with Crippen LogP contribution in [0, 0.1) is 0 Å². The minimum Gasteiger partial charge on any atom is -0.366 e. The van der Waals surface area contributed by atoms with Crippen molar-refractivity contribution in [3.8, 4) is 0 Å². The molecule has 1 aromatic carbocycles. The fourth-order valence-corrected chi connectivity index (χ4v) is 1.92. The lowest BCUT2D eigenvalue weighted by molar-refractivity contribution is 0.834. The molecule has 0 atom stereocenters. The van der Waals surface area contributed by atoms with Crippen LogP contribution in [0.4, 0.5) is 11.6 Å². The van der Waals surface area contributed by atoms with Crippen LogP contribution in [0.5, 0.6) is 0 Å². The van der Waals surface area contributed by atoms with E-state index in [9.17, 15) is 0 Å². The van der Waals surface area contributed by atoms with E-state index in [0.29, 0.717) is 12.4 Å². The highest BCUT2D eigenvalue weighted by molar-refractivity contribution is 6.30. The van der Waals surface area contributed by atoms with Crippen molar-refractivity contribution in [2.75, 3.05) is 10.7 Å². The number of nitrogen functional groups attached to an aromatic ring is 1. The van der Waals surface area contributed by atoms with Crippen molar-refractivity contribution in [3.63, 3.8) is 0 Å². The molecule has 0 aliphatic rings. The highest BCUT2D eigenvalue weighted by Gasteiger charge is 2.03. The molecule has 2 aromatic rings. The van der Waals surface area contributed by atoms with Gasteiger partial charge in [0, 0.05) is 24.1 Å². The Morgan fingerprint density at radius 3 is 2.50 bits per heavy atom. The molecule has 2 rings (SSSR count). The molecule has 0 aliphatic heterocycles. The Labute approximate surface area is 123 Å². The summed E-state index contributed by atoms with van der Waals surface area (Å²) < 4.78 is 0. The average Bonchev–Trinajstić information content (AvgIpc) is 2.47. The van der Waals surface area contributed by atoms with Crippen LogP contribution in [-0.2, 0) is 13.0 Å². The van der Waals surface area contributed by atoms with Crippen molar-refractivity contribution in [3.05, 3.63) is 46.7 Å². The topological polar surface area (TPSA) is 75.9 Å². The molecule has 0 radical (unpaired) electrons. The lowest BCUT2D eigenvalue weighted by Crippen LogP contribution is -2.12. The Bertz CT molecular complexity index is 556. The summed E-state index contributed by atoms with van der Waals surface area (Å²) >= 11 is 5.86. The fourth-order valence-electron chi connectivity index (χ4n) is 1.79. The molecule has 6 heteroatoms. The van der Waals surface area contributed by atoms with Gasteiger partial charge in [-0.15, -0.1) is 0 Å². The number of anilines is 2. The molecule has 0 bridgehead atoms. The summed E-state index contributed by atoms with van der Waals surface area (Å²) in [6.45, 7) is 2.76. The maximum Gasteiger partial charge on any atom is 0.145 e. The van der Waals surface area contributed by atoms with E-state index in [1.54, 1.807) is 6.07 Å². The Morgan fingerprint density at radius 1 is 1.15 bits per heavy atom.